The van der Waals surface area contributed by atoms with Gasteiger partial charge in [0.1, 0.15) is 23.8 Å². The first kappa shape index (κ1) is 53.1. The molecule has 8 heterocycles. The van der Waals surface area contributed by atoms with Crippen molar-refractivity contribution in [3.05, 3.63) is 102 Å². The number of piperazine rings is 1. The molecule has 6 aromatic rings. The molecule has 412 valence electrons. The highest BCUT2D eigenvalue weighted by Crippen LogP contribution is 2.41. The maximum atomic E-state index is 14.3. The Morgan fingerprint density at radius 1 is 0.936 bits per heavy atom. The van der Waals surface area contributed by atoms with Crippen LogP contribution in [0.2, 0.25) is 0 Å². The Morgan fingerprint density at radius 3 is 2.41 bits per heavy atom. The van der Waals surface area contributed by atoms with E-state index in [1.54, 1.807) is 29.5 Å². The lowest BCUT2D eigenvalue weighted by molar-refractivity contribution is -0.141. The number of piperidine rings is 1. The van der Waals surface area contributed by atoms with Crippen molar-refractivity contribution in [2.45, 2.75) is 127 Å². The topological polar surface area (TPSA) is 242 Å². The monoisotopic (exact) mass is 1080 g/mol. The normalized spacial score (nSPS) is 23.8. The van der Waals surface area contributed by atoms with Crippen LogP contribution in [-0.4, -0.2) is 144 Å². The number of likely N-dealkylation sites (tertiary alicyclic amines) is 2. The summed E-state index contributed by atoms with van der Waals surface area (Å²) in [6.45, 7) is 12.1. The molecule has 4 aromatic heterocycles. The number of ether oxygens (including phenoxy) is 2. The number of aryl methyl sites for hydroxylation is 1. The predicted molar refractivity (Wildman–Crippen MR) is 296 cm³/mol. The molecule has 5 aliphatic rings. The van der Waals surface area contributed by atoms with Crippen LogP contribution in [0.15, 0.2) is 89.0 Å². The number of nitrogen functional groups attached to an aromatic ring is 1. The van der Waals surface area contributed by atoms with Gasteiger partial charge in [0.25, 0.3) is 5.88 Å². The van der Waals surface area contributed by atoms with E-state index in [9.17, 15) is 24.9 Å². The number of amides is 2. The Kier molecular flexibility index (Phi) is 15.3. The second-order valence-electron chi connectivity index (χ2n) is 22.6. The third kappa shape index (κ3) is 11.4. The first-order valence-corrected chi connectivity index (χ1v) is 28.4. The standard InChI is InChI=1S/C58H71N11O8S/c1-34(2)53(57(73)68-32-43(70)26-48(68)56(72)62-35(3)38-9-11-39(12-10-38)54-36(4)61-33-78-54)50-28-52(65-77-50)75-22-18-58(74)16-20-66(21-17-58)29-37-23-44(24-37)76-51-25-40(15-19-60-51)69-41-13-14-42(69)31-67(30-41)47-27-46(63-64-55(47)59)45-7-5-6-8-49(45)71/h5-12,15,19,25,27-28,33-35,37,41-44,48,53,70-71,74H,13-14,16-18,20-24,26,29-32H2,1-4H3,(H2,59,64)(H,62,72)/t35-,37?,41+,42?,43+,44?,48-,53-/m0/s1. The number of carbonyl (C=O) groups excluding carboxylic acids is 2. The third-order valence-corrected chi connectivity index (χ3v) is 17.8. The molecular formula is C58H71N11O8S. The van der Waals surface area contributed by atoms with E-state index in [-0.39, 0.29) is 73.2 Å². The van der Waals surface area contributed by atoms with Gasteiger partial charge in [-0.2, -0.15) is 0 Å². The zero-order valence-corrected chi connectivity index (χ0v) is 45.6. The summed E-state index contributed by atoms with van der Waals surface area (Å²) in [5.41, 5.74) is 13.5. The molecular weight excluding hydrogens is 1010 g/mol. The number of nitrogens with zero attached hydrogens (tertiary/aromatic N) is 9. The molecule has 2 bridgehead atoms. The number of benzene rings is 2. The summed E-state index contributed by atoms with van der Waals surface area (Å²) in [5, 5.41) is 48.6. The number of phenolic OH excluding ortho intramolecular Hbond substituents is 1. The Balaban J connectivity index is 0.610. The zero-order chi connectivity index (χ0) is 54.2. The van der Waals surface area contributed by atoms with E-state index in [2.05, 4.69) is 57.5 Å². The summed E-state index contributed by atoms with van der Waals surface area (Å²) in [5.74, 6) is 0.629. The van der Waals surface area contributed by atoms with E-state index < -0.39 is 23.7 Å². The van der Waals surface area contributed by atoms with Gasteiger partial charge in [-0.1, -0.05) is 50.2 Å². The van der Waals surface area contributed by atoms with Crippen LogP contribution in [0, 0.1) is 18.8 Å². The predicted octanol–water partition coefficient (Wildman–Crippen LogP) is 7.14. The van der Waals surface area contributed by atoms with Crippen LogP contribution < -0.4 is 30.3 Å². The van der Waals surface area contributed by atoms with Crippen molar-refractivity contribution in [3.8, 4) is 39.2 Å². The summed E-state index contributed by atoms with van der Waals surface area (Å²) >= 11 is 1.59. The summed E-state index contributed by atoms with van der Waals surface area (Å²) < 4.78 is 18.2. The molecule has 20 heteroatoms. The molecule has 5 fully saturated rings. The Bertz CT molecular complexity index is 3050. The maximum Gasteiger partial charge on any atom is 0.254 e. The van der Waals surface area contributed by atoms with Crippen LogP contribution in [0.3, 0.4) is 0 Å². The van der Waals surface area contributed by atoms with E-state index in [0.29, 0.717) is 53.9 Å². The highest BCUT2D eigenvalue weighted by Gasteiger charge is 2.45. The van der Waals surface area contributed by atoms with Crippen LogP contribution in [0.1, 0.15) is 101 Å². The second kappa shape index (κ2) is 22.5. The number of pyridine rings is 1. The molecule has 19 nitrogen and oxygen atoms in total. The number of aromatic nitrogens is 5. The minimum atomic E-state index is -0.873. The highest BCUT2D eigenvalue weighted by atomic mass is 32.1. The van der Waals surface area contributed by atoms with Gasteiger partial charge in [-0.05, 0) is 105 Å². The van der Waals surface area contributed by atoms with E-state index >= 15 is 0 Å². The van der Waals surface area contributed by atoms with Gasteiger partial charge < -0.3 is 60.0 Å². The molecule has 4 aliphatic heterocycles. The van der Waals surface area contributed by atoms with Gasteiger partial charge in [0.2, 0.25) is 17.7 Å². The number of para-hydroxylation sites is 1. The van der Waals surface area contributed by atoms with Gasteiger partial charge in [0.15, 0.2) is 11.6 Å². The Hall–Kier alpha value is -6.87. The number of carbonyl (C=O) groups is 2. The van der Waals surface area contributed by atoms with Crippen LogP contribution in [-0.2, 0) is 9.59 Å². The summed E-state index contributed by atoms with van der Waals surface area (Å²) in [4.78, 5) is 46.8. The van der Waals surface area contributed by atoms with Gasteiger partial charge in [0, 0.05) is 93.8 Å². The van der Waals surface area contributed by atoms with Crippen LogP contribution in [0.4, 0.5) is 17.2 Å². The van der Waals surface area contributed by atoms with Gasteiger partial charge in [-0.25, -0.2) is 9.97 Å². The molecule has 78 heavy (non-hydrogen) atoms. The fraction of sp³-hybridized carbons (Fsp3) is 0.500. The summed E-state index contributed by atoms with van der Waals surface area (Å²) in [6, 6.07) is 22.3. The number of rotatable bonds is 18. The quantitative estimate of drug-likeness (QED) is 0.0575. The molecule has 6 atom stereocenters. The van der Waals surface area contributed by atoms with Crippen LogP contribution >= 0.6 is 11.3 Å². The van der Waals surface area contributed by atoms with E-state index in [1.807, 2.05) is 81.9 Å². The molecule has 1 aliphatic carbocycles. The summed E-state index contributed by atoms with van der Waals surface area (Å²) in [6.07, 6.45) is 6.97. The van der Waals surface area contributed by atoms with Crippen molar-refractivity contribution in [1.29, 1.82) is 0 Å². The van der Waals surface area contributed by atoms with Crippen molar-refractivity contribution < 1.29 is 38.9 Å². The first-order valence-electron chi connectivity index (χ1n) is 27.6. The average molecular weight is 1080 g/mol. The van der Waals surface area contributed by atoms with Crippen molar-refractivity contribution in [2.75, 3.05) is 61.4 Å². The van der Waals surface area contributed by atoms with Crippen molar-refractivity contribution in [2.24, 2.45) is 11.8 Å². The molecule has 2 amide bonds. The average Bonchev–Trinajstić information content (AvgIpc) is 4.28. The largest absolute Gasteiger partial charge is 0.507 e. The smallest absolute Gasteiger partial charge is 0.254 e. The van der Waals surface area contributed by atoms with Crippen LogP contribution in [0.25, 0.3) is 21.7 Å². The van der Waals surface area contributed by atoms with Gasteiger partial charge >= 0.3 is 0 Å². The second-order valence-corrected chi connectivity index (χ2v) is 23.4. The molecule has 1 unspecified atom stereocenters. The Morgan fingerprint density at radius 2 is 1.69 bits per heavy atom. The minimum Gasteiger partial charge on any atom is -0.507 e. The fourth-order valence-corrected chi connectivity index (χ4v) is 13.2. The molecule has 2 aromatic carbocycles. The number of hydrogen-bond donors (Lipinski definition) is 5. The number of aliphatic hydroxyl groups excluding tert-OH is 1. The van der Waals surface area contributed by atoms with E-state index in [4.69, 9.17) is 19.7 Å². The number of aromatic hydroxyl groups is 1. The van der Waals surface area contributed by atoms with Gasteiger partial charge in [-0.15, -0.1) is 21.5 Å². The number of hydrogen-bond acceptors (Lipinski definition) is 18. The SMILES string of the molecule is Cc1ncsc1-c1ccc([C@H](C)NC(=O)[C@@H]2C[C@@H](O)CN2C(=O)[C@H](c2cc(OCCC3(O)CCN(CC4CC(Oc5cc(N6C7CC[C@@H]6CN(c6cc(-c8ccccc8O)nnc6N)C7)ccn5)C4)CC3)no2)C(C)C)cc1. The lowest BCUT2D eigenvalue weighted by Crippen LogP contribution is -2.54. The number of anilines is 3. The van der Waals surface area contributed by atoms with Crippen molar-refractivity contribution in [3.63, 3.8) is 0 Å². The number of thiazole rings is 1. The molecule has 4 saturated heterocycles. The van der Waals surface area contributed by atoms with Gasteiger partial charge in [0.05, 0.1) is 51.8 Å². The third-order valence-electron chi connectivity index (χ3n) is 16.8. The first-order chi connectivity index (χ1) is 37.6. The number of β-amino-alcohol motifs (C(OH)–C–C–N with tert-alkyl or cyclic N) is 1. The molecule has 6 N–H and O–H groups in total. The van der Waals surface area contributed by atoms with Crippen molar-refractivity contribution >= 4 is 40.3 Å². The maximum absolute atomic E-state index is 14.3. The number of phenols is 1. The van der Waals surface area contributed by atoms with E-state index in [0.717, 1.165) is 91.5 Å². The number of nitrogens with one attached hydrogen (secondary N) is 1. The van der Waals surface area contributed by atoms with Crippen molar-refractivity contribution in [1.82, 2.24) is 40.4 Å². The van der Waals surface area contributed by atoms with E-state index in [1.165, 1.54) is 4.90 Å². The van der Waals surface area contributed by atoms with Crippen LogP contribution in [0.5, 0.6) is 17.5 Å². The number of aliphatic hydroxyl groups is 2. The molecule has 11 rings (SSSR count). The minimum absolute atomic E-state index is 0.0333. The lowest BCUT2D eigenvalue weighted by atomic mass is 9.81. The molecule has 1 saturated carbocycles. The lowest BCUT2D eigenvalue weighted by Gasteiger charge is -2.44. The number of nitrogens with two attached hydrogens (primary N) is 1. The Labute approximate surface area is 458 Å². The summed E-state index contributed by atoms with van der Waals surface area (Å²) in [7, 11) is 0. The number of fused-ring (bicyclic) bond motifs is 2. The zero-order valence-electron chi connectivity index (χ0n) is 44.8. The highest BCUT2D eigenvalue weighted by molar-refractivity contribution is 7.13. The van der Waals surface area contributed by atoms with Gasteiger partial charge in [-0.3, -0.25) is 9.59 Å². The molecule has 0 spiro atoms. The fourth-order valence-electron chi connectivity index (χ4n) is 12.4. The molecule has 0 radical (unpaired) electrons.